The first-order valence-corrected chi connectivity index (χ1v) is 12.2. The van der Waals surface area contributed by atoms with E-state index in [0.717, 1.165) is 17.7 Å². The number of nitrogens with zero attached hydrogens (tertiary/aromatic N) is 1. The van der Waals surface area contributed by atoms with Crippen LogP contribution in [0.3, 0.4) is 0 Å². The monoisotopic (exact) mass is 545 g/mol. The summed E-state index contributed by atoms with van der Waals surface area (Å²) in [7, 11) is 0. The van der Waals surface area contributed by atoms with Gasteiger partial charge >= 0.3 is 6.36 Å². The van der Waals surface area contributed by atoms with Crippen molar-refractivity contribution in [2.45, 2.75) is 36.7 Å². The Hall–Kier alpha value is -2.47. The highest BCUT2D eigenvalue weighted by molar-refractivity contribution is 7.99. The topological polar surface area (TPSA) is 93.9 Å². The molecular weight excluding hydrogens is 519 g/mol. The number of halogens is 4. The van der Waals surface area contributed by atoms with Crippen molar-refractivity contribution in [2.24, 2.45) is 11.7 Å². The van der Waals surface area contributed by atoms with Crippen LogP contribution in [0.25, 0.3) is 0 Å². The van der Waals surface area contributed by atoms with Crippen LogP contribution in [0.15, 0.2) is 47.4 Å². The van der Waals surface area contributed by atoms with Gasteiger partial charge in [-0.05, 0) is 54.7 Å². The van der Waals surface area contributed by atoms with Crippen LogP contribution < -0.4 is 20.7 Å². The average molecular weight is 546 g/mol. The maximum atomic E-state index is 13.1. The van der Waals surface area contributed by atoms with Gasteiger partial charge in [-0.3, -0.25) is 9.59 Å². The molecule has 0 aliphatic carbocycles. The Kier molecular flexibility index (Phi) is 9.51. The number of benzene rings is 2. The van der Waals surface area contributed by atoms with Crippen LogP contribution in [-0.4, -0.2) is 49.7 Å². The van der Waals surface area contributed by atoms with Gasteiger partial charge < -0.3 is 25.4 Å². The molecule has 2 aliphatic heterocycles. The van der Waals surface area contributed by atoms with Crippen molar-refractivity contribution in [1.82, 2.24) is 5.32 Å². The Morgan fingerprint density at radius 1 is 1.17 bits per heavy atom. The second kappa shape index (κ2) is 12.2. The van der Waals surface area contributed by atoms with Gasteiger partial charge in [0.15, 0.2) is 0 Å². The van der Waals surface area contributed by atoms with Crippen molar-refractivity contribution in [3.8, 4) is 5.75 Å². The summed E-state index contributed by atoms with van der Waals surface area (Å²) in [5, 5.41) is 2.97. The number of hydrogen-bond donors (Lipinski definition) is 2. The number of amides is 2. The zero-order chi connectivity index (χ0) is 25.0. The third kappa shape index (κ3) is 7.28. The minimum atomic E-state index is -4.78. The Balaban J connectivity index is 0.00000361. The number of anilines is 1. The van der Waals surface area contributed by atoms with E-state index >= 15 is 0 Å². The van der Waals surface area contributed by atoms with E-state index in [0.29, 0.717) is 48.2 Å². The highest BCUT2D eigenvalue weighted by Crippen LogP contribution is 2.36. The molecule has 0 spiro atoms. The number of hydrogen-bond acceptors (Lipinski definition) is 6. The van der Waals surface area contributed by atoms with Crippen molar-refractivity contribution < 1.29 is 32.2 Å². The molecular formula is C24H27ClF3N3O4S. The smallest absolute Gasteiger partial charge is 0.406 e. The molecule has 0 unspecified atom stereocenters. The minimum absolute atomic E-state index is 0. The van der Waals surface area contributed by atoms with E-state index in [-0.39, 0.29) is 36.5 Å². The number of thioether (sulfide) groups is 1. The molecule has 7 nitrogen and oxygen atoms in total. The molecule has 2 amide bonds. The fourth-order valence-corrected chi connectivity index (χ4v) is 4.98. The molecule has 2 aromatic carbocycles. The summed E-state index contributed by atoms with van der Waals surface area (Å²) in [6, 6.07) is 9.73. The number of carbonyl (C=O) groups excluding carboxylic acids is 2. The second-order valence-corrected chi connectivity index (χ2v) is 9.54. The van der Waals surface area contributed by atoms with Crippen molar-refractivity contribution in [3.63, 3.8) is 0 Å². The molecule has 12 heteroatoms. The molecule has 2 heterocycles. The molecule has 36 heavy (non-hydrogen) atoms. The third-order valence-electron chi connectivity index (χ3n) is 5.90. The highest BCUT2D eigenvalue weighted by atomic mass is 35.5. The van der Waals surface area contributed by atoms with Gasteiger partial charge in [-0.2, -0.15) is 0 Å². The van der Waals surface area contributed by atoms with Gasteiger partial charge in [-0.15, -0.1) is 37.3 Å². The first-order valence-electron chi connectivity index (χ1n) is 11.2. The number of ether oxygens (including phenoxy) is 2. The van der Waals surface area contributed by atoms with Crippen molar-refractivity contribution in [3.05, 3.63) is 53.6 Å². The Morgan fingerprint density at radius 3 is 2.53 bits per heavy atom. The third-order valence-corrected chi connectivity index (χ3v) is 7.09. The van der Waals surface area contributed by atoms with E-state index in [1.807, 2.05) is 0 Å². The van der Waals surface area contributed by atoms with Gasteiger partial charge in [0.05, 0.1) is 18.3 Å². The first-order chi connectivity index (χ1) is 16.7. The van der Waals surface area contributed by atoms with Gasteiger partial charge in [0, 0.05) is 36.0 Å². The Labute approximate surface area is 217 Å². The van der Waals surface area contributed by atoms with Crippen LogP contribution in [0.4, 0.5) is 18.9 Å². The highest BCUT2D eigenvalue weighted by Gasteiger charge is 2.32. The molecule has 2 aromatic rings. The Bertz CT molecular complexity index is 1070. The van der Waals surface area contributed by atoms with Gasteiger partial charge in [-0.25, -0.2) is 0 Å². The maximum Gasteiger partial charge on any atom is 0.573 e. The fraction of sp³-hybridized carbons (Fsp3) is 0.417. The molecule has 1 saturated heterocycles. The lowest BCUT2D eigenvalue weighted by Crippen LogP contribution is -2.44. The van der Waals surface area contributed by atoms with Crippen molar-refractivity contribution >= 4 is 41.7 Å². The normalized spacial score (nSPS) is 18.6. The number of alkyl halides is 3. The first kappa shape index (κ1) is 28.1. The zero-order valence-corrected chi connectivity index (χ0v) is 20.9. The Morgan fingerprint density at radius 2 is 1.86 bits per heavy atom. The number of nitrogens with two attached hydrogens (primary N) is 1. The lowest BCUT2D eigenvalue weighted by atomic mass is 10.0. The quantitative estimate of drug-likeness (QED) is 0.567. The summed E-state index contributed by atoms with van der Waals surface area (Å²) < 4.78 is 46.6. The summed E-state index contributed by atoms with van der Waals surface area (Å²) in [4.78, 5) is 28.2. The molecule has 0 aromatic heterocycles. The van der Waals surface area contributed by atoms with Crippen LogP contribution in [-0.2, 0) is 16.1 Å². The minimum Gasteiger partial charge on any atom is -0.406 e. The summed E-state index contributed by atoms with van der Waals surface area (Å²) in [5.74, 6) is -0.176. The molecule has 4 rings (SSSR count). The number of rotatable bonds is 6. The van der Waals surface area contributed by atoms with Gasteiger partial charge in [0.1, 0.15) is 5.75 Å². The SMILES string of the molecule is Cl.N[C@H]1CSc2ccc(C(=O)NCC3CCOCC3)cc2N(Cc2ccc(OC(F)(F)F)cc2)C1=O. The van der Waals surface area contributed by atoms with Crippen LogP contribution in [0.1, 0.15) is 28.8 Å². The molecule has 1 fully saturated rings. The molecule has 3 N–H and O–H groups in total. The summed E-state index contributed by atoms with van der Waals surface area (Å²) in [5.41, 5.74) is 7.63. The van der Waals surface area contributed by atoms with Crippen LogP contribution >= 0.6 is 24.2 Å². The van der Waals surface area contributed by atoms with E-state index in [1.165, 1.54) is 40.9 Å². The van der Waals surface area contributed by atoms with Crippen molar-refractivity contribution in [2.75, 3.05) is 30.4 Å². The molecule has 0 saturated carbocycles. The van der Waals surface area contributed by atoms with Crippen LogP contribution in [0, 0.1) is 5.92 Å². The fourth-order valence-electron chi connectivity index (χ4n) is 3.99. The van der Waals surface area contributed by atoms with Crippen LogP contribution in [0.5, 0.6) is 5.75 Å². The van der Waals surface area contributed by atoms with Gasteiger partial charge in [-0.1, -0.05) is 12.1 Å². The van der Waals surface area contributed by atoms with Crippen molar-refractivity contribution in [1.29, 1.82) is 0 Å². The summed E-state index contributed by atoms with van der Waals surface area (Å²) >= 11 is 1.42. The van der Waals surface area contributed by atoms with E-state index in [4.69, 9.17) is 10.5 Å². The lowest BCUT2D eigenvalue weighted by Gasteiger charge is -2.25. The predicted octanol–water partition coefficient (Wildman–Crippen LogP) is 4.13. The maximum absolute atomic E-state index is 13.1. The summed E-state index contributed by atoms with van der Waals surface area (Å²) in [6.45, 7) is 2.02. The van der Waals surface area contributed by atoms with Gasteiger partial charge in [0.2, 0.25) is 5.91 Å². The molecule has 196 valence electrons. The molecule has 1 atom stereocenters. The largest absolute Gasteiger partial charge is 0.573 e. The predicted molar refractivity (Wildman–Crippen MR) is 133 cm³/mol. The number of fused-ring (bicyclic) bond motifs is 1. The number of carbonyl (C=O) groups is 2. The molecule has 0 bridgehead atoms. The zero-order valence-electron chi connectivity index (χ0n) is 19.3. The van der Waals surface area contributed by atoms with Crippen LogP contribution in [0.2, 0.25) is 0 Å². The van der Waals surface area contributed by atoms with E-state index < -0.39 is 12.4 Å². The van der Waals surface area contributed by atoms with E-state index in [2.05, 4.69) is 10.1 Å². The van der Waals surface area contributed by atoms with Gasteiger partial charge in [0.25, 0.3) is 5.91 Å². The standard InChI is InChI=1S/C24H26F3N3O4S.ClH/c25-24(26,27)34-18-4-1-16(2-5-18)13-30-20-11-17(3-6-21(20)35-14-19(28)23(30)32)22(31)29-12-15-7-9-33-10-8-15;/h1-6,11,15,19H,7-10,12-14,28H2,(H,29,31);1H/t19-;/m0./s1. The average Bonchev–Trinajstić information content (AvgIpc) is 2.95. The van der Waals surface area contributed by atoms with E-state index in [9.17, 15) is 22.8 Å². The molecule has 2 aliphatic rings. The second-order valence-electron chi connectivity index (χ2n) is 8.48. The van der Waals surface area contributed by atoms with E-state index in [1.54, 1.807) is 18.2 Å². The number of nitrogens with one attached hydrogen (secondary N) is 1. The lowest BCUT2D eigenvalue weighted by molar-refractivity contribution is -0.274. The molecule has 0 radical (unpaired) electrons. The summed E-state index contributed by atoms with van der Waals surface area (Å²) in [6.07, 6.45) is -2.99.